The molecular weight excluding hydrogens is 228 g/mol. The SMILES string of the molecule is COC(=O)C(=CN(C)C)c1cc(F)cc(F)c1. The number of nitrogens with zero attached hydrogens (tertiary/aromatic N) is 1. The molecule has 0 aliphatic heterocycles. The molecule has 1 rings (SSSR count). The smallest absolute Gasteiger partial charge is 0.339 e. The second kappa shape index (κ2) is 5.43. The van der Waals surface area contributed by atoms with Crippen molar-refractivity contribution in [3.63, 3.8) is 0 Å². The molecule has 92 valence electrons. The highest BCUT2D eigenvalue weighted by atomic mass is 19.1. The van der Waals surface area contributed by atoms with Gasteiger partial charge in [0.15, 0.2) is 0 Å². The second-order valence-corrected chi connectivity index (χ2v) is 3.66. The van der Waals surface area contributed by atoms with Crippen molar-refractivity contribution in [3.8, 4) is 0 Å². The van der Waals surface area contributed by atoms with Crippen LogP contribution < -0.4 is 0 Å². The molecule has 0 aromatic heterocycles. The number of halogens is 2. The van der Waals surface area contributed by atoms with E-state index in [1.807, 2.05) is 0 Å². The molecule has 0 heterocycles. The monoisotopic (exact) mass is 241 g/mol. The van der Waals surface area contributed by atoms with Gasteiger partial charge in [-0.1, -0.05) is 0 Å². The van der Waals surface area contributed by atoms with Crippen LogP contribution in [0.1, 0.15) is 5.56 Å². The van der Waals surface area contributed by atoms with Gasteiger partial charge in [-0.15, -0.1) is 0 Å². The maximum Gasteiger partial charge on any atom is 0.339 e. The zero-order chi connectivity index (χ0) is 13.0. The summed E-state index contributed by atoms with van der Waals surface area (Å²) in [4.78, 5) is 13.1. The fourth-order valence-electron chi connectivity index (χ4n) is 1.32. The fraction of sp³-hybridized carbons (Fsp3) is 0.250. The molecule has 0 radical (unpaired) electrons. The molecule has 1 aromatic rings. The maximum atomic E-state index is 13.1. The summed E-state index contributed by atoms with van der Waals surface area (Å²) in [5.74, 6) is -2.13. The highest BCUT2D eigenvalue weighted by Gasteiger charge is 2.14. The quantitative estimate of drug-likeness (QED) is 0.599. The lowest BCUT2D eigenvalue weighted by molar-refractivity contribution is -0.133. The molecule has 0 saturated carbocycles. The summed E-state index contributed by atoms with van der Waals surface area (Å²) in [6, 6.07) is 2.90. The van der Waals surface area contributed by atoms with Gasteiger partial charge in [-0.05, 0) is 17.7 Å². The van der Waals surface area contributed by atoms with E-state index in [1.54, 1.807) is 19.0 Å². The Balaban J connectivity index is 3.27. The first-order valence-corrected chi connectivity index (χ1v) is 4.87. The summed E-state index contributed by atoms with van der Waals surface area (Å²) in [5, 5.41) is 0. The molecule has 0 N–H and O–H groups in total. The molecule has 0 aliphatic carbocycles. The predicted molar refractivity (Wildman–Crippen MR) is 60.0 cm³/mol. The zero-order valence-corrected chi connectivity index (χ0v) is 9.83. The van der Waals surface area contributed by atoms with Crippen LogP contribution >= 0.6 is 0 Å². The van der Waals surface area contributed by atoms with Crippen LogP contribution in [0.5, 0.6) is 0 Å². The van der Waals surface area contributed by atoms with Crippen molar-refractivity contribution in [2.75, 3.05) is 21.2 Å². The molecule has 0 fully saturated rings. The van der Waals surface area contributed by atoms with Crippen molar-refractivity contribution < 1.29 is 18.3 Å². The molecule has 3 nitrogen and oxygen atoms in total. The van der Waals surface area contributed by atoms with E-state index in [1.165, 1.54) is 13.3 Å². The van der Waals surface area contributed by atoms with Gasteiger partial charge in [-0.3, -0.25) is 0 Å². The summed E-state index contributed by atoms with van der Waals surface area (Å²) >= 11 is 0. The number of carbonyl (C=O) groups is 1. The van der Waals surface area contributed by atoms with Crippen LogP contribution in [0.15, 0.2) is 24.4 Å². The van der Waals surface area contributed by atoms with E-state index < -0.39 is 17.6 Å². The largest absolute Gasteiger partial charge is 0.465 e. The summed E-state index contributed by atoms with van der Waals surface area (Å²) in [5.41, 5.74) is 0.235. The van der Waals surface area contributed by atoms with Gasteiger partial charge in [0.25, 0.3) is 0 Å². The summed E-state index contributed by atoms with van der Waals surface area (Å²) in [6.07, 6.45) is 1.44. The topological polar surface area (TPSA) is 29.5 Å². The minimum atomic E-state index is -0.742. The number of hydrogen-bond acceptors (Lipinski definition) is 3. The van der Waals surface area contributed by atoms with Crippen molar-refractivity contribution in [1.29, 1.82) is 0 Å². The van der Waals surface area contributed by atoms with Gasteiger partial charge in [0.05, 0.1) is 12.7 Å². The van der Waals surface area contributed by atoms with E-state index in [4.69, 9.17) is 0 Å². The minimum Gasteiger partial charge on any atom is -0.465 e. The highest BCUT2D eigenvalue weighted by Crippen LogP contribution is 2.19. The third kappa shape index (κ3) is 3.55. The zero-order valence-electron chi connectivity index (χ0n) is 9.83. The van der Waals surface area contributed by atoms with Crippen molar-refractivity contribution in [3.05, 3.63) is 41.6 Å². The molecule has 0 saturated heterocycles. The van der Waals surface area contributed by atoms with Gasteiger partial charge >= 0.3 is 5.97 Å². The van der Waals surface area contributed by atoms with Gasteiger partial charge in [-0.2, -0.15) is 0 Å². The van der Waals surface area contributed by atoms with Crippen molar-refractivity contribution in [2.24, 2.45) is 0 Å². The first-order valence-electron chi connectivity index (χ1n) is 4.87. The molecule has 0 aliphatic rings. The van der Waals surface area contributed by atoms with Crippen molar-refractivity contribution in [1.82, 2.24) is 4.90 Å². The van der Waals surface area contributed by atoms with E-state index in [0.29, 0.717) is 0 Å². The Kier molecular flexibility index (Phi) is 4.20. The summed E-state index contributed by atoms with van der Waals surface area (Å²) in [7, 11) is 4.60. The first-order chi connectivity index (χ1) is 7.93. The van der Waals surface area contributed by atoms with Crippen molar-refractivity contribution >= 4 is 11.5 Å². The lowest BCUT2D eigenvalue weighted by atomic mass is 10.1. The van der Waals surface area contributed by atoms with E-state index in [-0.39, 0.29) is 11.1 Å². The molecule has 1 aromatic carbocycles. The maximum absolute atomic E-state index is 13.1. The van der Waals surface area contributed by atoms with Gasteiger partial charge in [-0.25, -0.2) is 13.6 Å². The normalized spacial score (nSPS) is 11.2. The van der Waals surface area contributed by atoms with E-state index in [0.717, 1.165) is 18.2 Å². The molecule has 0 spiro atoms. The van der Waals surface area contributed by atoms with Crippen LogP contribution in [0.25, 0.3) is 5.57 Å². The number of rotatable bonds is 3. The third-order valence-electron chi connectivity index (χ3n) is 1.97. The van der Waals surface area contributed by atoms with Gasteiger partial charge in [0.1, 0.15) is 11.6 Å². The van der Waals surface area contributed by atoms with Crippen LogP contribution in [0, 0.1) is 11.6 Å². The number of esters is 1. The first kappa shape index (κ1) is 13.2. The minimum absolute atomic E-state index is 0.0934. The van der Waals surface area contributed by atoms with Crippen LogP contribution in [0.3, 0.4) is 0 Å². The molecular formula is C12H13F2NO2. The highest BCUT2D eigenvalue weighted by molar-refractivity contribution is 6.16. The lowest BCUT2D eigenvalue weighted by Crippen LogP contribution is -2.10. The molecule has 0 unspecified atom stereocenters. The van der Waals surface area contributed by atoms with Crippen LogP contribution in [-0.4, -0.2) is 32.1 Å². The molecule has 0 atom stereocenters. The molecule has 5 heteroatoms. The Morgan fingerprint density at radius 3 is 2.18 bits per heavy atom. The van der Waals surface area contributed by atoms with Gasteiger partial charge < -0.3 is 9.64 Å². The Morgan fingerprint density at radius 2 is 1.76 bits per heavy atom. The predicted octanol–water partition coefficient (Wildman–Crippen LogP) is 2.04. The van der Waals surface area contributed by atoms with Crippen molar-refractivity contribution in [2.45, 2.75) is 0 Å². The van der Waals surface area contributed by atoms with E-state index >= 15 is 0 Å². The van der Waals surface area contributed by atoms with Gasteiger partial charge in [0.2, 0.25) is 0 Å². The van der Waals surface area contributed by atoms with Crippen LogP contribution in [-0.2, 0) is 9.53 Å². The number of carbonyl (C=O) groups excluding carboxylic acids is 1. The summed E-state index contributed by atoms with van der Waals surface area (Å²) < 4.78 is 30.7. The van der Waals surface area contributed by atoms with Crippen LogP contribution in [0.4, 0.5) is 8.78 Å². The Hall–Kier alpha value is -1.91. The molecule has 0 amide bonds. The Bertz CT molecular complexity index is 436. The molecule has 17 heavy (non-hydrogen) atoms. The average Bonchev–Trinajstić information content (AvgIpc) is 2.23. The third-order valence-corrected chi connectivity index (χ3v) is 1.97. The van der Waals surface area contributed by atoms with E-state index in [2.05, 4.69) is 4.74 Å². The molecule has 0 bridgehead atoms. The van der Waals surface area contributed by atoms with E-state index in [9.17, 15) is 13.6 Å². The van der Waals surface area contributed by atoms with Gasteiger partial charge in [0, 0.05) is 26.4 Å². The van der Waals surface area contributed by atoms with Crippen LogP contribution in [0.2, 0.25) is 0 Å². The summed E-state index contributed by atoms with van der Waals surface area (Å²) in [6.45, 7) is 0. The number of benzene rings is 1. The number of hydrogen-bond donors (Lipinski definition) is 0. The average molecular weight is 241 g/mol. The lowest BCUT2D eigenvalue weighted by Gasteiger charge is -2.10. The fourth-order valence-corrected chi connectivity index (χ4v) is 1.32. The number of methoxy groups -OCH3 is 1. The second-order valence-electron chi connectivity index (χ2n) is 3.66. The standard InChI is InChI=1S/C12H13F2NO2/c1-15(2)7-11(12(16)17-3)8-4-9(13)6-10(14)5-8/h4-7H,1-3H3. The Morgan fingerprint density at radius 1 is 1.24 bits per heavy atom. The Labute approximate surface area is 98.3 Å². The number of ether oxygens (including phenoxy) is 1.